The number of hydrogen-bond donors (Lipinski definition) is 2. The Bertz CT molecular complexity index is 231. The first kappa shape index (κ1) is 14.3. The highest BCUT2D eigenvalue weighted by atomic mass is 16.3. The van der Waals surface area contributed by atoms with E-state index < -0.39 is 0 Å². The average Bonchev–Trinajstić information content (AvgIpc) is 2.40. The van der Waals surface area contributed by atoms with Crippen LogP contribution in [0, 0.1) is 5.41 Å². The molecule has 0 aromatic carbocycles. The lowest BCUT2D eigenvalue weighted by Gasteiger charge is -2.43. The van der Waals surface area contributed by atoms with Crippen LogP contribution in [-0.2, 0) is 0 Å². The Morgan fingerprint density at radius 2 is 1.83 bits per heavy atom. The molecule has 1 saturated carbocycles. The van der Waals surface area contributed by atoms with Gasteiger partial charge in [-0.2, -0.15) is 0 Å². The van der Waals surface area contributed by atoms with E-state index in [9.17, 15) is 5.11 Å². The van der Waals surface area contributed by atoms with Crippen molar-refractivity contribution in [3.05, 3.63) is 0 Å². The van der Waals surface area contributed by atoms with E-state index >= 15 is 0 Å². The van der Waals surface area contributed by atoms with E-state index in [1.165, 1.54) is 45.2 Å². The van der Waals surface area contributed by atoms with Gasteiger partial charge in [0.25, 0.3) is 0 Å². The highest BCUT2D eigenvalue weighted by Crippen LogP contribution is 2.37. The molecule has 2 fully saturated rings. The van der Waals surface area contributed by atoms with Crippen LogP contribution in [0.4, 0.5) is 0 Å². The molecule has 1 aliphatic heterocycles. The van der Waals surface area contributed by atoms with E-state index in [1.807, 2.05) is 0 Å². The fourth-order valence-corrected chi connectivity index (χ4v) is 3.63. The molecule has 0 radical (unpaired) electrons. The van der Waals surface area contributed by atoms with Crippen LogP contribution in [-0.4, -0.2) is 48.8 Å². The molecule has 0 unspecified atom stereocenters. The van der Waals surface area contributed by atoms with Crippen LogP contribution in [0.3, 0.4) is 0 Å². The van der Waals surface area contributed by atoms with Crippen molar-refractivity contribution in [1.82, 2.24) is 10.2 Å². The van der Waals surface area contributed by atoms with Gasteiger partial charge in [0.05, 0.1) is 6.10 Å². The first-order valence-electron chi connectivity index (χ1n) is 7.85. The molecule has 1 heterocycles. The highest BCUT2D eigenvalue weighted by Gasteiger charge is 2.34. The Hall–Kier alpha value is -0.120. The van der Waals surface area contributed by atoms with E-state index in [-0.39, 0.29) is 6.10 Å². The van der Waals surface area contributed by atoms with Crippen molar-refractivity contribution >= 4 is 0 Å². The van der Waals surface area contributed by atoms with Gasteiger partial charge in [0.1, 0.15) is 0 Å². The lowest BCUT2D eigenvalue weighted by molar-refractivity contribution is 0.0429. The number of nitrogens with one attached hydrogen (secondary N) is 1. The number of likely N-dealkylation sites (tertiary alicyclic amines) is 1. The molecule has 0 amide bonds. The van der Waals surface area contributed by atoms with E-state index in [2.05, 4.69) is 17.1 Å². The number of aliphatic hydroxyl groups excluding tert-OH is 1. The minimum absolute atomic E-state index is 0.0441. The van der Waals surface area contributed by atoms with Crippen LogP contribution < -0.4 is 5.32 Å². The van der Waals surface area contributed by atoms with Crippen molar-refractivity contribution in [3.8, 4) is 0 Å². The van der Waals surface area contributed by atoms with Gasteiger partial charge in [0.15, 0.2) is 0 Å². The van der Waals surface area contributed by atoms with Crippen molar-refractivity contribution in [2.24, 2.45) is 5.41 Å². The second-order valence-electron chi connectivity index (χ2n) is 6.35. The summed E-state index contributed by atoms with van der Waals surface area (Å²) < 4.78 is 0. The number of nitrogens with zero attached hydrogens (tertiary/aromatic N) is 1. The van der Waals surface area contributed by atoms with Crippen LogP contribution in [0.15, 0.2) is 0 Å². The molecule has 0 atom stereocenters. The Kier molecular flexibility index (Phi) is 5.46. The molecule has 1 aliphatic carbocycles. The van der Waals surface area contributed by atoms with Gasteiger partial charge in [-0.1, -0.05) is 26.2 Å². The number of aliphatic hydroxyl groups is 1. The quantitative estimate of drug-likeness (QED) is 0.788. The molecular formula is C15H30N2O. The second-order valence-corrected chi connectivity index (χ2v) is 6.35. The van der Waals surface area contributed by atoms with Crippen LogP contribution in [0.25, 0.3) is 0 Å². The lowest BCUT2D eigenvalue weighted by Crippen LogP contribution is -2.48. The molecule has 3 heteroatoms. The SMILES string of the molecule is CCNCC1(CN2CCC(O)CC2)CCCCC1. The lowest BCUT2D eigenvalue weighted by atomic mass is 9.73. The second kappa shape index (κ2) is 6.88. The maximum absolute atomic E-state index is 9.60. The topological polar surface area (TPSA) is 35.5 Å². The maximum Gasteiger partial charge on any atom is 0.0564 e. The third-order valence-electron chi connectivity index (χ3n) is 4.78. The van der Waals surface area contributed by atoms with Crippen LogP contribution in [0.5, 0.6) is 0 Å². The van der Waals surface area contributed by atoms with E-state index in [0.29, 0.717) is 5.41 Å². The molecule has 2 N–H and O–H groups in total. The molecule has 1 saturated heterocycles. The first-order chi connectivity index (χ1) is 8.74. The van der Waals surface area contributed by atoms with Gasteiger partial charge in [-0.15, -0.1) is 0 Å². The number of piperidine rings is 1. The predicted molar refractivity (Wildman–Crippen MR) is 75.7 cm³/mol. The maximum atomic E-state index is 9.60. The smallest absolute Gasteiger partial charge is 0.0564 e. The average molecular weight is 254 g/mol. The van der Waals surface area contributed by atoms with Crippen LogP contribution >= 0.6 is 0 Å². The van der Waals surface area contributed by atoms with Crippen molar-refractivity contribution in [2.75, 3.05) is 32.7 Å². The van der Waals surface area contributed by atoms with Gasteiger partial charge in [-0.05, 0) is 37.6 Å². The molecule has 0 aromatic heterocycles. The fourth-order valence-electron chi connectivity index (χ4n) is 3.63. The Labute approximate surface area is 112 Å². The fraction of sp³-hybridized carbons (Fsp3) is 1.00. The molecule has 3 nitrogen and oxygen atoms in total. The van der Waals surface area contributed by atoms with Crippen molar-refractivity contribution in [3.63, 3.8) is 0 Å². The summed E-state index contributed by atoms with van der Waals surface area (Å²) in [5.41, 5.74) is 0.510. The Balaban J connectivity index is 1.87. The molecule has 106 valence electrons. The zero-order chi connectivity index (χ0) is 12.8. The minimum atomic E-state index is -0.0441. The standard InChI is InChI=1S/C15H30N2O/c1-2-16-12-15(8-4-3-5-9-15)13-17-10-6-14(18)7-11-17/h14,16,18H,2-13H2,1H3. The van der Waals surface area contributed by atoms with Gasteiger partial charge >= 0.3 is 0 Å². The molecule has 0 bridgehead atoms. The monoisotopic (exact) mass is 254 g/mol. The van der Waals surface area contributed by atoms with Crippen LogP contribution in [0.2, 0.25) is 0 Å². The molecule has 18 heavy (non-hydrogen) atoms. The summed E-state index contributed by atoms with van der Waals surface area (Å²) >= 11 is 0. The summed E-state index contributed by atoms with van der Waals surface area (Å²) in [6.45, 7) is 7.90. The van der Waals surface area contributed by atoms with Gasteiger partial charge in [0.2, 0.25) is 0 Å². The van der Waals surface area contributed by atoms with Crippen molar-refractivity contribution in [2.45, 2.75) is 58.0 Å². The van der Waals surface area contributed by atoms with Gasteiger partial charge < -0.3 is 15.3 Å². The largest absolute Gasteiger partial charge is 0.393 e. The van der Waals surface area contributed by atoms with Crippen LogP contribution in [0.1, 0.15) is 51.9 Å². The summed E-state index contributed by atoms with van der Waals surface area (Å²) in [4.78, 5) is 2.59. The van der Waals surface area contributed by atoms with Crippen molar-refractivity contribution in [1.29, 1.82) is 0 Å². The Morgan fingerprint density at radius 1 is 1.17 bits per heavy atom. The van der Waals surface area contributed by atoms with Gasteiger partial charge in [0, 0.05) is 26.2 Å². The third-order valence-corrected chi connectivity index (χ3v) is 4.78. The number of rotatable bonds is 5. The molecule has 2 aliphatic rings. The van der Waals surface area contributed by atoms with E-state index in [0.717, 1.165) is 32.5 Å². The highest BCUT2D eigenvalue weighted by molar-refractivity contribution is 4.89. The first-order valence-corrected chi connectivity index (χ1v) is 7.85. The summed E-state index contributed by atoms with van der Waals surface area (Å²) in [5, 5.41) is 13.2. The number of hydrogen-bond acceptors (Lipinski definition) is 3. The normalized spacial score (nSPS) is 26.3. The van der Waals surface area contributed by atoms with E-state index in [4.69, 9.17) is 0 Å². The summed E-state index contributed by atoms with van der Waals surface area (Å²) in [6.07, 6.45) is 8.90. The summed E-state index contributed by atoms with van der Waals surface area (Å²) in [7, 11) is 0. The predicted octanol–water partition coefficient (Wildman–Crippen LogP) is 2.00. The molecular weight excluding hydrogens is 224 g/mol. The Morgan fingerprint density at radius 3 is 2.44 bits per heavy atom. The van der Waals surface area contributed by atoms with E-state index in [1.54, 1.807) is 0 Å². The van der Waals surface area contributed by atoms with Crippen molar-refractivity contribution < 1.29 is 5.11 Å². The molecule has 2 rings (SSSR count). The molecule has 0 aromatic rings. The third kappa shape index (κ3) is 3.94. The minimum Gasteiger partial charge on any atom is -0.393 e. The van der Waals surface area contributed by atoms with Gasteiger partial charge in [-0.25, -0.2) is 0 Å². The molecule has 0 spiro atoms. The van der Waals surface area contributed by atoms with Gasteiger partial charge in [-0.3, -0.25) is 0 Å². The zero-order valence-electron chi connectivity index (χ0n) is 12.0. The summed E-state index contributed by atoms with van der Waals surface area (Å²) in [6, 6.07) is 0. The zero-order valence-corrected chi connectivity index (χ0v) is 12.0. The summed E-state index contributed by atoms with van der Waals surface area (Å²) in [5.74, 6) is 0.